The molecular formula is C15H12N4. The molecule has 0 saturated carbocycles. The van der Waals surface area contributed by atoms with Crippen molar-refractivity contribution in [1.29, 1.82) is 5.26 Å². The maximum absolute atomic E-state index is 8.86. The first-order valence-corrected chi connectivity index (χ1v) is 5.96. The van der Waals surface area contributed by atoms with Crippen LogP contribution in [0.5, 0.6) is 0 Å². The van der Waals surface area contributed by atoms with Crippen molar-refractivity contribution in [3.05, 3.63) is 60.0 Å². The lowest BCUT2D eigenvalue weighted by molar-refractivity contribution is 0.835. The van der Waals surface area contributed by atoms with Gasteiger partial charge in [0, 0.05) is 24.3 Å². The van der Waals surface area contributed by atoms with Crippen LogP contribution in [0.4, 0.5) is 5.69 Å². The zero-order chi connectivity index (χ0) is 13.2. The molecule has 0 atom stereocenters. The van der Waals surface area contributed by atoms with E-state index in [1.54, 1.807) is 12.3 Å². The van der Waals surface area contributed by atoms with E-state index < -0.39 is 0 Å². The summed E-state index contributed by atoms with van der Waals surface area (Å²) in [6.07, 6.45) is 3.66. The van der Waals surface area contributed by atoms with Crippen molar-refractivity contribution in [1.82, 2.24) is 9.55 Å². The summed E-state index contributed by atoms with van der Waals surface area (Å²) in [7, 11) is 0. The SMILES string of the molecule is N#Cc1cc(Cn2ccc3cccc(N)c32)ccn1. The molecule has 3 aromatic rings. The molecule has 2 heterocycles. The van der Waals surface area contributed by atoms with Crippen molar-refractivity contribution in [2.45, 2.75) is 6.54 Å². The van der Waals surface area contributed by atoms with Crippen LogP contribution in [0, 0.1) is 11.3 Å². The number of hydrogen-bond donors (Lipinski definition) is 1. The van der Waals surface area contributed by atoms with Gasteiger partial charge < -0.3 is 10.3 Å². The Morgan fingerprint density at radius 3 is 3.00 bits per heavy atom. The molecular weight excluding hydrogens is 236 g/mol. The van der Waals surface area contributed by atoms with Crippen LogP contribution in [0.2, 0.25) is 0 Å². The van der Waals surface area contributed by atoms with Gasteiger partial charge in [0.05, 0.1) is 11.2 Å². The lowest BCUT2D eigenvalue weighted by Gasteiger charge is -2.07. The van der Waals surface area contributed by atoms with Gasteiger partial charge in [-0.25, -0.2) is 4.98 Å². The molecule has 2 N–H and O–H groups in total. The van der Waals surface area contributed by atoms with Gasteiger partial charge in [0.2, 0.25) is 0 Å². The minimum atomic E-state index is 0.432. The van der Waals surface area contributed by atoms with E-state index >= 15 is 0 Å². The predicted molar refractivity (Wildman–Crippen MR) is 74.4 cm³/mol. The fourth-order valence-electron chi connectivity index (χ4n) is 2.25. The molecule has 0 aliphatic heterocycles. The molecule has 0 bridgehead atoms. The number of para-hydroxylation sites is 1. The van der Waals surface area contributed by atoms with Gasteiger partial charge in [-0.3, -0.25) is 0 Å². The summed E-state index contributed by atoms with van der Waals surface area (Å²) in [6, 6.07) is 13.7. The quantitative estimate of drug-likeness (QED) is 0.708. The number of fused-ring (bicyclic) bond motifs is 1. The highest BCUT2D eigenvalue weighted by atomic mass is 15.0. The van der Waals surface area contributed by atoms with Crippen LogP contribution in [0.3, 0.4) is 0 Å². The standard InChI is InChI=1S/C15H12N4/c16-9-13-8-11(4-6-18-13)10-19-7-5-12-2-1-3-14(17)15(12)19/h1-8H,10,17H2. The number of nitrogen functional groups attached to an aromatic ring is 1. The molecule has 2 aromatic heterocycles. The van der Waals surface area contributed by atoms with E-state index in [0.29, 0.717) is 12.2 Å². The van der Waals surface area contributed by atoms with Crippen LogP contribution in [0.1, 0.15) is 11.3 Å². The Balaban J connectivity index is 2.04. The summed E-state index contributed by atoms with van der Waals surface area (Å²) in [5, 5.41) is 9.98. The molecule has 0 aliphatic carbocycles. The second kappa shape index (κ2) is 4.46. The molecule has 0 amide bonds. The molecule has 92 valence electrons. The minimum absolute atomic E-state index is 0.432. The zero-order valence-corrected chi connectivity index (χ0v) is 10.2. The lowest BCUT2D eigenvalue weighted by atomic mass is 10.2. The normalized spacial score (nSPS) is 10.5. The number of pyridine rings is 1. The van der Waals surface area contributed by atoms with Crippen LogP contribution in [0.15, 0.2) is 48.8 Å². The van der Waals surface area contributed by atoms with Crippen LogP contribution < -0.4 is 5.73 Å². The van der Waals surface area contributed by atoms with E-state index in [4.69, 9.17) is 11.0 Å². The Morgan fingerprint density at radius 2 is 2.16 bits per heavy atom. The average Bonchev–Trinajstić information content (AvgIpc) is 2.84. The molecule has 0 spiro atoms. The number of nitrogens with zero attached hydrogens (tertiary/aromatic N) is 3. The number of rotatable bonds is 2. The first-order chi connectivity index (χ1) is 9.28. The Morgan fingerprint density at radius 1 is 1.26 bits per heavy atom. The van der Waals surface area contributed by atoms with Crippen molar-refractivity contribution >= 4 is 16.6 Å². The van der Waals surface area contributed by atoms with Crippen molar-refractivity contribution in [3.63, 3.8) is 0 Å². The van der Waals surface area contributed by atoms with E-state index in [2.05, 4.69) is 15.6 Å². The highest BCUT2D eigenvalue weighted by Gasteiger charge is 2.05. The number of hydrogen-bond acceptors (Lipinski definition) is 3. The van der Waals surface area contributed by atoms with Gasteiger partial charge in [-0.15, -0.1) is 0 Å². The predicted octanol–water partition coefficient (Wildman–Crippen LogP) is 2.54. The van der Waals surface area contributed by atoms with Crippen molar-refractivity contribution in [2.75, 3.05) is 5.73 Å². The topological polar surface area (TPSA) is 67.6 Å². The lowest BCUT2D eigenvalue weighted by Crippen LogP contribution is -2.01. The fraction of sp³-hybridized carbons (Fsp3) is 0.0667. The summed E-state index contributed by atoms with van der Waals surface area (Å²) in [5.74, 6) is 0. The van der Waals surface area contributed by atoms with Gasteiger partial charge in [-0.05, 0) is 29.8 Å². The number of nitriles is 1. The first-order valence-electron chi connectivity index (χ1n) is 5.96. The summed E-state index contributed by atoms with van der Waals surface area (Å²) in [5.41, 5.74) is 9.28. The molecule has 4 nitrogen and oxygen atoms in total. The van der Waals surface area contributed by atoms with E-state index in [0.717, 1.165) is 22.2 Å². The third kappa shape index (κ3) is 2.02. The van der Waals surface area contributed by atoms with Crippen LogP contribution in [-0.4, -0.2) is 9.55 Å². The summed E-state index contributed by atoms with van der Waals surface area (Å²) < 4.78 is 2.08. The Hall–Kier alpha value is -2.80. The Bertz CT molecular complexity index is 780. The largest absolute Gasteiger partial charge is 0.397 e. The van der Waals surface area contributed by atoms with Gasteiger partial charge in [0.25, 0.3) is 0 Å². The molecule has 0 saturated heterocycles. The summed E-state index contributed by atoms with van der Waals surface area (Å²) in [6.45, 7) is 0.676. The van der Waals surface area contributed by atoms with E-state index in [1.165, 1.54) is 0 Å². The Labute approximate surface area is 110 Å². The smallest absolute Gasteiger partial charge is 0.140 e. The molecule has 0 aliphatic rings. The monoisotopic (exact) mass is 248 g/mol. The van der Waals surface area contributed by atoms with Gasteiger partial charge in [-0.1, -0.05) is 12.1 Å². The molecule has 4 heteroatoms. The molecule has 19 heavy (non-hydrogen) atoms. The molecule has 3 rings (SSSR count). The zero-order valence-electron chi connectivity index (χ0n) is 10.2. The van der Waals surface area contributed by atoms with Gasteiger partial charge in [0.15, 0.2) is 0 Å². The fourth-order valence-corrected chi connectivity index (χ4v) is 2.25. The summed E-state index contributed by atoms with van der Waals surface area (Å²) in [4.78, 5) is 3.97. The first kappa shape index (κ1) is 11.3. The van der Waals surface area contributed by atoms with E-state index in [-0.39, 0.29) is 0 Å². The Kier molecular flexibility index (Phi) is 2.66. The summed E-state index contributed by atoms with van der Waals surface area (Å²) >= 11 is 0. The maximum atomic E-state index is 8.86. The third-order valence-electron chi connectivity index (χ3n) is 3.11. The van der Waals surface area contributed by atoms with Gasteiger partial charge in [0.1, 0.15) is 11.8 Å². The van der Waals surface area contributed by atoms with Crippen molar-refractivity contribution < 1.29 is 0 Å². The highest BCUT2D eigenvalue weighted by molar-refractivity contribution is 5.90. The average molecular weight is 248 g/mol. The number of aromatic nitrogens is 2. The van der Waals surface area contributed by atoms with Crippen molar-refractivity contribution in [2.24, 2.45) is 0 Å². The van der Waals surface area contributed by atoms with Gasteiger partial charge in [-0.2, -0.15) is 5.26 Å². The van der Waals surface area contributed by atoms with Crippen molar-refractivity contribution in [3.8, 4) is 6.07 Å². The number of anilines is 1. The van der Waals surface area contributed by atoms with E-state index in [9.17, 15) is 0 Å². The van der Waals surface area contributed by atoms with Gasteiger partial charge >= 0.3 is 0 Å². The molecule has 0 radical (unpaired) electrons. The third-order valence-corrected chi connectivity index (χ3v) is 3.11. The number of benzene rings is 1. The highest BCUT2D eigenvalue weighted by Crippen LogP contribution is 2.23. The van der Waals surface area contributed by atoms with E-state index in [1.807, 2.05) is 36.5 Å². The molecule has 1 aromatic carbocycles. The molecule has 0 unspecified atom stereocenters. The van der Waals surface area contributed by atoms with Crippen LogP contribution >= 0.6 is 0 Å². The van der Waals surface area contributed by atoms with Crippen LogP contribution in [0.25, 0.3) is 10.9 Å². The maximum Gasteiger partial charge on any atom is 0.140 e. The number of nitrogens with two attached hydrogens (primary N) is 1. The second-order valence-electron chi connectivity index (χ2n) is 4.39. The molecule has 0 fully saturated rings. The minimum Gasteiger partial charge on any atom is -0.397 e. The second-order valence-corrected chi connectivity index (χ2v) is 4.39. The van der Waals surface area contributed by atoms with Crippen LogP contribution in [-0.2, 0) is 6.54 Å².